The Morgan fingerprint density at radius 3 is 2.69 bits per heavy atom. The minimum absolute atomic E-state index is 0.0521. The zero-order chi connectivity index (χ0) is 24.9. The van der Waals surface area contributed by atoms with Crippen molar-refractivity contribution in [2.45, 2.75) is 25.9 Å². The molecule has 1 fully saturated rings. The van der Waals surface area contributed by atoms with Crippen LogP contribution in [0.25, 0.3) is 10.2 Å². The second-order valence-corrected chi connectivity index (χ2v) is 10.5. The Bertz CT molecular complexity index is 1210. The molecule has 1 N–H and O–H groups in total. The maximum absolute atomic E-state index is 12.9. The van der Waals surface area contributed by atoms with Crippen molar-refractivity contribution < 1.29 is 9.18 Å². The van der Waals surface area contributed by atoms with Gasteiger partial charge in [0, 0.05) is 62.8 Å². The minimum atomic E-state index is -0.289. The van der Waals surface area contributed by atoms with Gasteiger partial charge in [-0.25, -0.2) is 14.4 Å². The highest BCUT2D eigenvalue weighted by Crippen LogP contribution is 2.38. The number of nitrogens with zero attached hydrogens (tertiary/aromatic N) is 5. The molecule has 5 rings (SSSR count). The van der Waals surface area contributed by atoms with E-state index in [4.69, 9.17) is 0 Å². The fourth-order valence-corrected chi connectivity index (χ4v) is 6.18. The molecule has 1 aromatic carbocycles. The SMILES string of the molecule is C[C@@H](Nc1ncnc2sc3c(c12)CCN(C(=O)/C=C/CN1CCN(CCF)CC1)C3)c1ccccc1. The number of carbonyl (C=O) groups excluding carboxylic acids is 1. The van der Waals surface area contributed by atoms with Crippen molar-refractivity contribution in [2.75, 3.05) is 57.8 Å². The highest BCUT2D eigenvalue weighted by Gasteiger charge is 2.26. The molecule has 0 saturated carbocycles. The number of nitrogens with one attached hydrogen (secondary N) is 1. The molecule has 0 unspecified atom stereocenters. The Labute approximate surface area is 215 Å². The predicted octanol–water partition coefficient (Wildman–Crippen LogP) is 3.89. The summed E-state index contributed by atoms with van der Waals surface area (Å²) < 4.78 is 12.5. The molecule has 1 saturated heterocycles. The number of aromatic nitrogens is 2. The van der Waals surface area contributed by atoms with E-state index in [0.29, 0.717) is 19.6 Å². The van der Waals surface area contributed by atoms with Crippen molar-refractivity contribution in [2.24, 2.45) is 0 Å². The van der Waals surface area contributed by atoms with Gasteiger partial charge in [0.2, 0.25) is 5.91 Å². The second kappa shape index (κ2) is 11.5. The lowest BCUT2D eigenvalue weighted by atomic mass is 10.0. The molecule has 1 atom stereocenters. The van der Waals surface area contributed by atoms with Crippen LogP contribution < -0.4 is 5.32 Å². The van der Waals surface area contributed by atoms with Crippen LogP contribution in [0.5, 0.6) is 0 Å². The van der Waals surface area contributed by atoms with Crippen LogP contribution >= 0.6 is 11.3 Å². The molecule has 2 aromatic heterocycles. The van der Waals surface area contributed by atoms with Gasteiger partial charge >= 0.3 is 0 Å². The summed E-state index contributed by atoms with van der Waals surface area (Å²) in [7, 11) is 0. The number of benzene rings is 1. The van der Waals surface area contributed by atoms with Gasteiger partial charge in [0.1, 0.15) is 23.7 Å². The summed E-state index contributed by atoms with van der Waals surface area (Å²) >= 11 is 1.66. The highest BCUT2D eigenvalue weighted by atomic mass is 32.1. The number of carbonyl (C=O) groups is 1. The van der Waals surface area contributed by atoms with Crippen LogP contribution in [0.3, 0.4) is 0 Å². The standard InChI is InChI=1S/C27H33FN6OS/c1-20(21-6-3-2-4-7-21)31-26-25-22-9-12-34(18-23(22)36-27(25)30-19-29-26)24(35)8-5-11-32-14-16-33(13-10-28)17-15-32/h2-8,19-20H,9-18H2,1H3,(H,29,30,31)/b8-5+/t20-/m1/s1. The molecule has 7 nitrogen and oxygen atoms in total. The van der Waals surface area contributed by atoms with Crippen molar-refractivity contribution in [3.63, 3.8) is 0 Å². The minimum Gasteiger partial charge on any atom is -0.363 e. The average Bonchev–Trinajstić information content (AvgIpc) is 3.29. The number of hydrogen-bond donors (Lipinski definition) is 1. The first-order valence-corrected chi connectivity index (χ1v) is 13.5. The van der Waals surface area contributed by atoms with Crippen LogP contribution in [0.15, 0.2) is 48.8 Å². The monoisotopic (exact) mass is 508 g/mol. The van der Waals surface area contributed by atoms with Gasteiger partial charge in [-0.05, 0) is 24.5 Å². The Kier molecular flexibility index (Phi) is 7.89. The van der Waals surface area contributed by atoms with Gasteiger partial charge in [-0.2, -0.15) is 0 Å². The average molecular weight is 509 g/mol. The quantitative estimate of drug-likeness (QED) is 0.466. The van der Waals surface area contributed by atoms with Crippen LogP contribution in [0.2, 0.25) is 0 Å². The van der Waals surface area contributed by atoms with E-state index >= 15 is 0 Å². The molecule has 2 aliphatic heterocycles. The topological polar surface area (TPSA) is 64.6 Å². The molecule has 4 heterocycles. The molecule has 9 heteroatoms. The first-order chi connectivity index (χ1) is 17.6. The van der Waals surface area contributed by atoms with Gasteiger partial charge in [0.05, 0.1) is 11.9 Å². The summed E-state index contributed by atoms with van der Waals surface area (Å²) in [5.41, 5.74) is 2.47. The number of halogens is 1. The predicted molar refractivity (Wildman–Crippen MR) is 143 cm³/mol. The lowest BCUT2D eigenvalue weighted by molar-refractivity contribution is -0.126. The lowest BCUT2D eigenvalue weighted by Crippen LogP contribution is -2.46. The third-order valence-corrected chi connectivity index (χ3v) is 8.22. The molecule has 0 bridgehead atoms. The fraction of sp³-hybridized carbons (Fsp3) is 0.444. The van der Waals surface area contributed by atoms with E-state index in [1.54, 1.807) is 23.7 Å². The zero-order valence-electron chi connectivity index (χ0n) is 20.7. The Balaban J connectivity index is 1.22. The fourth-order valence-electron chi connectivity index (χ4n) is 4.98. The van der Waals surface area contributed by atoms with E-state index in [0.717, 1.165) is 55.2 Å². The smallest absolute Gasteiger partial charge is 0.246 e. The number of fused-ring (bicyclic) bond motifs is 3. The van der Waals surface area contributed by atoms with Crippen molar-refractivity contribution >= 4 is 33.3 Å². The van der Waals surface area contributed by atoms with Crippen molar-refractivity contribution in [3.05, 3.63) is 64.8 Å². The van der Waals surface area contributed by atoms with E-state index in [9.17, 15) is 9.18 Å². The van der Waals surface area contributed by atoms with Crippen molar-refractivity contribution in [1.82, 2.24) is 24.7 Å². The van der Waals surface area contributed by atoms with E-state index in [1.807, 2.05) is 29.2 Å². The maximum atomic E-state index is 12.9. The maximum Gasteiger partial charge on any atom is 0.246 e. The first-order valence-electron chi connectivity index (χ1n) is 12.6. The Morgan fingerprint density at radius 1 is 1.14 bits per heavy atom. The number of alkyl halides is 1. The number of piperazine rings is 1. The summed E-state index contributed by atoms with van der Waals surface area (Å²) in [6.07, 6.45) is 6.09. The number of hydrogen-bond acceptors (Lipinski definition) is 7. The molecule has 0 radical (unpaired) electrons. The number of rotatable bonds is 8. The molecule has 2 aliphatic rings. The molecule has 1 amide bonds. The van der Waals surface area contributed by atoms with Crippen LogP contribution in [0, 0.1) is 0 Å². The van der Waals surface area contributed by atoms with Crippen LogP contribution in [0.4, 0.5) is 10.2 Å². The summed E-state index contributed by atoms with van der Waals surface area (Å²) in [5, 5.41) is 4.67. The first kappa shape index (κ1) is 24.8. The second-order valence-electron chi connectivity index (χ2n) is 9.43. The van der Waals surface area contributed by atoms with Gasteiger partial charge < -0.3 is 10.2 Å². The van der Waals surface area contributed by atoms with Crippen LogP contribution in [-0.2, 0) is 17.8 Å². The third kappa shape index (κ3) is 5.58. The third-order valence-electron chi connectivity index (χ3n) is 7.09. The number of anilines is 1. The molecular formula is C27H33FN6OS. The van der Waals surface area contributed by atoms with Gasteiger partial charge in [-0.1, -0.05) is 36.4 Å². The summed E-state index contributed by atoms with van der Waals surface area (Å²) in [4.78, 5) is 30.5. The largest absolute Gasteiger partial charge is 0.363 e. The van der Waals surface area contributed by atoms with Gasteiger partial charge in [-0.15, -0.1) is 11.3 Å². The van der Waals surface area contributed by atoms with Crippen molar-refractivity contribution in [1.29, 1.82) is 0 Å². The molecule has 3 aromatic rings. The van der Waals surface area contributed by atoms with Crippen molar-refractivity contribution in [3.8, 4) is 0 Å². The molecule has 190 valence electrons. The van der Waals surface area contributed by atoms with Gasteiger partial charge in [-0.3, -0.25) is 14.6 Å². The van der Waals surface area contributed by atoms with E-state index in [2.05, 4.69) is 44.1 Å². The van der Waals surface area contributed by atoms with E-state index < -0.39 is 0 Å². The number of thiophene rings is 1. The molecule has 0 spiro atoms. The van der Waals surface area contributed by atoms with Crippen LogP contribution in [0.1, 0.15) is 29.0 Å². The number of amides is 1. The summed E-state index contributed by atoms with van der Waals surface area (Å²) in [6.45, 7) is 8.00. The van der Waals surface area contributed by atoms with E-state index in [-0.39, 0.29) is 18.6 Å². The zero-order valence-corrected chi connectivity index (χ0v) is 21.5. The highest BCUT2D eigenvalue weighted by molar-refractivity contribution is 7.19. The summed E-state index contributed by atoms with van der Waals surface area (Å²) in [6, 6.07) is 10.5. The van der Waals surface area contributed by atoms with Crippen LogP contribution in [-0.4, -0.2) is 83.1 Å². The summed E-state index contributed by atoms with van der Waals surface area (Å²) in [5.74, 6) is 0.913. The lowest BCUT2D eigenvalue weighted by Gasteiger charge is -2.33. The molecule has 0 aliphatic carbocycles. The normalized spacial score (nSPS) is 18.0. The molecule has 36 heavy (non-hydrogen) atoms. The van der Waals surface area contributed by atoms with E-state index in [1.165, 1.54) is 16.0 Å². The van der Waals surface area contributed by atoms with Gasteiger partial charge in [0.15, 0.2) is 0 Å². The molecular weight excluding hydrogens is 475 g/mol. The van der Waals surface area contributed by atoms with Gasteiger partial charge in [0.25, 0.3) is 0 Å². The Hall–Kier alpha value is -2.88. The Morgan fingerprint density at radius 2 is 1.92 bits per heavy atom.